The summed E-state index contributed by atoms with van der Waals surface area (Å²) < 4.78 is 39.6. The number of hydrogen-bond acceptors (Lipinski definition) is 5. The van der Waals surface area contributed by atoms with E-state index in [1.807, 2.05) is 13.2 Å². The summed E-state index contributed by atoms with van der Waals surface area (Å²) in [5.41, 5.74) is 0.925. The molecule has 0 aliphatic carbocycles. The monoisotopic (exact) mass is 329 g/mol. The Morgan fingerprint density at radius 3 is 2.77 bits per heavy atom. The van der Waals surface area contributed by atoms with E-state index in [0.717, 1.165) is 18.4 Å². The molecule has 3 heterocycles. The van der Waals surface area contributed by atoms with Gasteiger partial charge in [0.15, 0.2) is 0 Å². The molecule has 124 valence electrons. The second-order valence-corrected chi connectivity index (χ2v) is 8.01. The molecule has 7 nitrogen and oxygen atoms in total. The van der Waals surface area contributed by atoms with Crippen LogP contribution in [0, 0.1) is 5.92 Å². The first-order valence-electron chi connectivity index (χ1n) is 7.70. The Balaban J connectivity index is 1.65. The minimum atomic E-state index is -3.25. The van der Waals surface area contributed by atoms with E-state index < -0.39 is 10.0 Å². The lowest BCUT2D eigenvalue weighted by Crippen LogP contribution is -2.44. The van der Waals surface area contributed by atoms with E-state index in [1.54, 1.807) is 15.2 Å². The molecular formula is C14H23N3O4S. The minimum Gasteiger partial charge on any atom is -0.381 e. The van der Waals surface area contributed by atoms with Crippen LogP contribution >= 0.6 is 0 Å². The SMILES string of the molecule is Cn1cc([C@H]2CN(S(=O)(=O)CC3CCOCC3)CCO2)cn1. The Morgan fingerprint density at radius 1 is 1.32 bits per heavy atom. The molecule has 0 unspecified atom stereocenters. The quantitative estimate of drug-likeness (QED) is 0.806. The highest BCUT2D eigenvalue weighted by Gasteiger charge is 2.32. The largest absolute Gasteiger partial charge is 0.381 e. The fourth-order valence-corrected chi connectivity index (χ4v) is 4.86. The zero-order valence-corrected chi connectivity index (χ0v) is 13.7. The van der Waals surface area contributed by atoms with Crippen molar-refractivity contribution in [2.45, 2.75) is 18.9 Å². The molecule has 2 fully saturated rings. The van der Waals surface area contributed by atoms with Gasteiger partial charge in [-0.05, 0) is 18.8 Å². The molecule has 0 radical (unpaired) electrons. The molecule has 0 aromatic carbocycles. The van der Waals surface area contributed by atoms with Crippen LogP contribution in [0.5, 0.6) is 0 Å². The first-order valence-corrected chi connectivity index (χ1v) is 9.31. The lowest BCUT2D eigenvalue weighted by molar-refractivity contribution is -0.00291. The van der Waals surface area contributed by atoms with E-state index in [0.29, 0.717) is 32.9 Å². The molecule has 3 rings (SSSR count). The first-order chi connectivity index (χ1) is 10.5. The highest BCUT2D eigenvalue weighted by molar-refractivity contribution is 7.89. The normalized spacial score (nSPS) is 25.4. The third-order valence-corrected chi connectivity index (χ3v) is 6.32. The molecule has 2 aliphatic heterocycles. The Kier molecular flexibility index (Phi) is 4.82. The molecule has 22 heavy (non-hydrogen) atoms. The number of ether oxygens (including phenoxy) is 2. The first kappa shape index (κ1) is 15.9. The fourth-order valence-electron chi connectivity index (χ4n) is 3.00. The molecule has 1 atom stereocenters. The van der Waals surface area contributed by atoms with Crippen molar-refractivity contribution in [3.8, 4) is 0 Å². The van der Waals surface area contributed by atoms with Crippen molar-refractivity contribution in [3.63, 3.8) is 0 Å². The number of aryl methyl sites for hydroxylation is 1. The Hall–Kier alpha value is -0.960. The topological polar surface area (TPSA) is 73.7 Å². The summed E-state index contributed by atoms with van der Waals surface area (Å²) in [6.07, 6.45) is 5.04. The standard InChI is InChI=1S/C14H23N3O4S/c1-16-9-13(8-15-16)14-10-17(4-7-21-14)22(18,19)11-12-2-5-20-6-3-12/h8-9,12,14H,2-7,10-11H2,1H3/t14-/m1/s1. The summed E-state index contributed by atoms with van der Waals surface area (Å²) in [5.74, 6) is 0.425. The van der Waals surface area contributed by atoms with Crippen molar-refractivity contribution in [1.82, 2.24) is 14.1 Å². The number of morpholine rings is 1. The van der Waals surface area contributed by atoms with E-state index >= 15 is 0 Å². The zero-order chi connectivity index (χ0) is 15.6. The van der Waals surface area contributed by atoms with Gasteiger partial charge in [0.05, 0.1) is 24.7 Å². The Morgan fingerprint density at radius 2 is 2.09 bits per heavy atom. The Labute approximate surface area is 131 Å². The molecule has 2 aliphatic rings. The van der Waals surface area contributed by atoms with E-state index in [9.17, 15) is 8.42 Å². The molecule has 0 saturated carbocycles. The average molecular weight is 329 g/mol. The van der Waals surface area contributed by atoms with Crippen LogP contribution in [0.4, 0.5) is 0 Å². The van der Waals surface area contributed by atoms with Gasteiger partial charge in [0.1, 0.15) is 0 Å². The second-order valence-electron chi connectivity index (χ2n) is 6.00. The zero-order valence-electron chi connectivity index (χ0n) is 12.8. The van der Waals surface area contributed by atoms with E-state index in [1.165, 1.54) is 0 Å². The van der Waals surface area contributed by atoms with Crippen LogP contribution in [0.1, 0.15) is 24.5 Å². The molecule has 1 aromatic heterocycles. The van der Waals surface area contributed by atoms with Crippen LogP contribution in [0.25, 0.3) is 0 Å². The van der Waals surface area contributed by atoms with Crippen LogP contribution in [-0.4, -0.2) is 61.2 Å². The number of nitrogens with zero attached hydrogens (tertiary/aromatic N) is 3. The molecular weight excluding hydrogens is 306 g/mol. The summed E-state index contributed by atoms with van der Waals surface area (Å²) >= 11 is 0. The third-order valence-electron chi connectivity index (χ3n) is 4.31. The van der Waals surface area contributed by atoms with Crippen molar-refractivity contribution in [2.24, 2.45) is 13.0 Å². The van der Waals surface area contributed by atoms with Gasteiger partial charge >= 0.3 is 0 Å². The van der Waals surface area contributed by atoms with Crippen LogP contribution in [-0.2, 0) is 26.5 Å². The number of aromatic nitrogens is 2. The Bertz CT molecular complexity index is 595. The number of sulfonamides is 1. The molecule has 0 bridgehead atoms. The van der Waals surface area contributed by atoms with Crippen molar-refractivity contribution < 1.29 is 17.9 Å². The van der Waals surface area contributed by atoms with E-state index in [2.05, 4.69) is 5.10 Å². The van der Waals surface area contributed by atoms with Gasteiger partial charge in [0, 0.05) is 45.1 Å². The van der Waals surface area contributed by atoms with Gasteiger partial charge in [-0.2, -0.15) is 9.40 Å². The number of rotatable bonds is 4. The molecule has 0 N–H and O–H groups in total. The van der Waals surface area contributed by atoms with E-state index in [4.69, 9.17) is 9.47 Å². The summed E-state index contributed by atoms with van der Waals surface area (Å²) in [5, 5.41) is 4.13. The summed E-state index contributed by atoms with van der Waals surface area (Å²) in [7, 11) is -1.41. The average Bonchev–Trinajstić information content (AvgIpc) is 2.95. The smallest absolute Gasteiger partial charge is 0.214 e. The predicted molar refractivity (Wildman–Crippen MR) is 80.8 cm³/mol. The van der Waals surface area contributed by atoms with Gasteiger partial charge in [-0.15, -0.1) is 0 Å². The van der Waals surface area contributed by atoms with Gasteiger partial charge in [0.25, 0.3) is 0 Å². The van der Waals surface area contributed by atoms with Crippen molar-refractivity contribution in [2.75, 3.05) is 38.7 Å². The molecule has 0 amide bonds. The van der Waals surface area contributed by atoms with Gasteiger partial charge < -0.3 is 9.47 Å². The maximum atomic E-state index is 12.6. The molecule has 8 heteroatoms. The molecule has 1 aromatic rings. The lowest BCUT2D eigenvalue weighted by atomic mass is 10.0. The summed E-state index contributed by atoms with van der Waals surface area (Å²) in [6.45, 7) is 2.56. The van der Waals surface area contributed by atoms with Crippen LogP contribution < -0.4 is 0 Å². The maximum Gasteiger partial charge on any atom is 0.214 e. The van der Waals surface area contributed by atoms with Crippen molar-refractivity contribution >= 4 is 10.0 Å². The van der Waals surface area contributed by atoms with Crippen LogP contribution in [0.2, 0.25) is 0 Å². The van der Waals surface area contributed by atoms with Crippen LogP contribution in [0.15, 0.2) is 12.4 Å². The predicted octanol–water partition coefficient (Wildman–Crippen LogP) is 0.550. The fraction of sp³-hybridized carbons (Fsp3) is 0.786. The van der Waals surface area contributed by atoms with Crippen molar-refractivity contribution in [1.29, 1.82) is 0 Å². The summed E-state index contributed by atoms with van der Waals surface area (Å²) in [4.78, 5) is 0. The molecule has 2 saturated heterocycles. The van der Waals surface area contributed by atoms with Gasteiger partial charge in [-0.3, -0.25) is 4.68 Å². The van der Waals surface area contributed by atoms with Crippen LogP contribution in [0.3, 0.4) is 0 Å². The molecule has 0 spiro atoms. The highest BCUT2D eigenvalue weighted by Crippen LogP contribution is 2.25. The highest BCUT2D eigenvalue weighted by atomic mass is 32.2. The van der Waals surface area contributed by atoms with E-state index in [-0.39, 0.29) is 17.8 Å². The van der Waals surface area contributed by atoms with Crippen molar-refractivity contribution in [3.05, 3.63) is 18.0 Å². The van der Waals surface area contributed by atoms with Gasteiger partial charge in [0.2, 0.25) is 10.0 Å². The number of hydrogen-bond donors (Lipinski definition) is 0. The lowest BCUT2D eigenvalue weighted by Gasteiger charge is -2.33. The maximum absolute atomic E-state index is 12.6. The van der Waals surface area contributed by atoms with Gasteiger partial charge in [-0.1, -0.05) is 0 Å². The third kappa shape index (κ3) is 3.68. The summed E-state index contributed by atoms with van der Waals surface area (Å²) in [6, 6.07) is 0. The minimum absolute atomic E-state index is 0.207. The second kappa shape index (κ2) is 6.66. The van der Waals surface area contributed by atoms with Gasteiger partial charge in [-0.25, -0.2) is 8.42 Å².